The van der Waals surface area contributed by atoms with Crippen LogP contribution in [-0.2, 0) is 0 Å². The van der Waals surface area contributed by atoms with Crippen LogP contribution < -0.4 is 16.0 Å². The summed E-state index contributed by atoms with van der Waals surface area (Å²) in [5.74, 6) is 0. The van der Waals surface area contributed by atoms with E-state index in [4.69, 9.17) is 0 Å². The average Bonchev–Trinajstić information content (AvgIpc) is 2.98. The number of hydrogen-bond donors (Lipinski definition) is 3. The van der Waals surface area contributed by atoms with E-state index in [-0.39, 0.29) is 6.03 Å². The lowest BCUT2D eigenvalue weighted by Crippen LogP contribution is -2.39. The smallest absolute Gasteiger partial charge is 0.320 e. The fourth-order valence-electron chi connectivity index (χ4n) is 3.58. The number of thiophene rings is 1. The molecule has 0 bridgehead atoms. The van der Waals surface area contributed by atoms with E-state index in [1.807, 2.05) is 19.1 Å². The number of rotatable bonds is 2. The summed E-state index contributed by atoms with van der Waals surface area (Å²) < 4.78 is 0. The van der Waals surface area contributed by atoms with Gasteiger partial charge in [-0.05, 0) is 69.7 Å². The van der Waals surface area contributed by atoms with Crippen molar-refractivity contribution in [2.45, 2.75) is 45.1 Å². The van der Waals surface area contributed by atoms with Crippen molar-refractivity contribution in [3.05, 3.63) is 17.0 Å². The van der Waals surface area contributed by atoms with E-state index < -0.39 is 0 Å². The van der Waals surface area contributed by atoms with E-state index >= 15 is 0 Å². The maximum absolute atomic E-state index is 12.0. The Balaban J connectivity index is 1.50. The van der Waals surface area contributed by atoms with Crippen LogP contribution >= 0.6 is 11.3 Å². The maximum Gasteiger partial charge on any atom is 0.320 e. The van der Waals surface area contributed by atoms with E-state index in [0.29, 0.717) is 11.5 Å². The second-order valence-corrected chi connectivity index (χ2v) is 7.49. The first-order chi connectivity index (χ1) is 9.65. The Morgan fingerprint density at radius 3 is 2.85 bits per heavy atom. The Morgan fingerprint density at radius 1 is 1.35 bits per heavy atom. The molecule has 1 atom stereocenters. The van der Waals surface area contributed by atoms with Crippen molar-refractivity contribution in [2.24, 2.45) is 5.41 Å². The second-order valence-electron chi connectivity index (χ2n) is 6.20. The third-order valence-electron chi connectivity index (χ3n) is 4.68. The van der Waals surface area contributed by atoms with Gasteiger partial charge in [0.2, 0.25) is 0 Å². The lowest BCUT2D eigenvalue weighted by atomic mass is 9.77. The van der Waals surface area contributed by atoms with Gasteiger partial charge in [0, 0.05) is 10.9 Å². The Morgan fingerprint density at radius 2 is 2.15 bits per heavy atom. The fraction of sp³-hybridized carbons (Fsp3) is 0.667. The predicted molar refractivity (Wildman–Crippen MR) is 83.4 cm³/mol. The van der Waals surface area contributed by atoms with Crippen molar-refractivity contribution >= 4 is 22.4 Å². The third-order valence-corrected chi connectivity index (χ3v) is 5.60. The van der Waals surface area contributed by atoms with Crippen LogP contribution in [-0.4, -0.2) is 25.2 Å². The van der Waals surface area contributed by atoms with Crippen LogP contribution in [0, 0.1) is 12.3 Å². The van der Waals surface area contributed by atoms with E-state index in [0.717, 1.165) is 30.9 Å². The minimum Gasteiger partial charge on any atom is -0.335 e. The van der Waals surface area contributed by atoms with Gasteiger partial charge < -0.3 is 10.6 Å². The molecule has 0 aromatic carbocycles. The molecule has 3 N–H and O–H groups in total. The molecule has 2 heterocycles. The molecule has 1 aliphatic carbocycles. The molecule has 2 aliphatic rings. The van der Waals surface area contributed by atoms with E-state index in [1.165, 1.54) is 24.1 Å². The highest BCUT2D eigenvalue weighted by molar-refractivity contribution is 7.16. The molecular formula is C15H23N3OS. The van der Waals surface area contributed by atoms with E-state index in [1.54, 1.807) is 11.3 Å². The molecule has 1 aromatic rings. The number of piperidine rings is 1. The van der Waals surface area contributed by atoms with Gasteiger partial charge in [-0.25, -0.2) is 4.79 Å². The minimum atomic E-state index is -0.0529. The molecule has 1 aromatic heterocycles. The zero-order valence-corrected chi connectivity index (χ0v) is 12.8. The minimum absolute atomic E-state index is 0.0529. The van der Waals surface area contributed by atoms with Gasteiger partial charge in [-0.2, -0.15) is 0 Å². The van der Waals surface area contributed by atoms with Crippen LogP contribution in [0.2, 0.25) is 0 Å². The average molecular weight is 293 g/mol. The van der Waals surface area contributed by atoms with Gasteiger partial charge in [0.05, 0.1) is 5.00 Å². The summed E-state index contributed by atoms with van der Waals surface area (Å²) in [6, 6.07) is 4.28. The number of urea groups is 1. The third kappa shape index (κ3) is 3.15. The van der Waals surface area contributed by atoms with Crippen LogP contribution in [0.15, 0.2) is 12.1 Å². The lowest BCUT2D eigenvalue weighted by molar-refractivity contribution is 0.204. The van der Waals surface area contributed by atoms with Gasteiger partial charge in [0.1, 0.15) is 0 Å². The van der Waals surface area contributed by atoms with Gasteiger partial charge in [-0.1, -0.05) is 0 Å². The summed E-state index contributed by atoms with van der Waals surface area (Å²) in [5, 5.41) is 10.4. The van der Waals surface area contributed by atoms with Crippen LogP contribution in [0.3, 0.4) is 0 Å². The molecule has 1 saturated carbocycles. The van der Waals surface area contributed by atoms with Gasteiger partial charge in [0.15, 0.2) is 0 Å². The van der Waals surface area contributed by atoms with Gasteiger partial charge in [0.25, 0.3) is 0 Å². The van der Waals surface area contributed by atoms with E-state index in [9.17, 15) is 4.79 Å². The normalized spacial score (nSPS) is 24.8. The van der Waals surface area contributed by atoms with Gasteiger partial charge >= 0.3 is 6.03 Å². The van der Waals surface area contributed by atoms with Crippen molar-refractivity contribution in [3.8, 4) is 0 Å². The largest absolute Gasteiger partial charge is 0.335 e. The number of carbonyl (C=O) groups excluding carboxylic acids is 1. The Bertz CT molecular complexity index is 479. The molecule has 1 unspecified atom stereocenters. The van der Waals surface area contributed by atoms with Crippen LogP contribution in [0.5, 0.6) is 0 Å². The van der Waals surface area contributed by atoms with Crippen molar-refractivity contribution in [1.82, 2.24) is 10.6 Å². The Labute approximate surface area is 124 Å². The van der Waals surface area contributed by atoms with Crippen LogP contribution in [0.25, 0.3) is 0 Å². The standard InChI is InChI=1S/C15H23N3OS/c1-11-2-3-13(20-11)18-14(19)17-12-4-5-15(10-12)6-8-16-9-7-15/h2-3,12,16H,4-10H2,1H3,(H2,17,18,19). The molecule has 2 fully saturated rings. The molecular weight excluding hydrogens is 270 g/mol. The zero-order valence-electron chi connectivity index (χ0n) is 12.0. The van der Waals surface area contributed by atoms with Crippen molar-refractivity contribution in [1.29, 1.82) is 0 Å². The topological polar surface area (TPSA) is 53.2 Å². The highest BCUT2D eigenvalue weighted by Crippen LogP contribution is 2.44. The summed E-state index contributed by atoms with van der Waals surface area (Å²) in [6.45, 7) is 4.31. The molecule has 1 aliphatic heterocycles. The molecule has 1 saturated heterocycles. The molecule has 5 heteroatoms. The summed E-state index contributed by atoms with van der Waals surface area (Å²) >= 11 is 1.62. The molecule has 3 rings (SSSR count). The Hall–Kier alpha value is -1.07. The molecule has 110 valence electrons. The summed E-state index contributed by atoms with van der Waals surface area (Å²) in [7, 11) is 0. The maximum atomic E-state index is 12.0. The second kappa shape index (κ2) is 5.74. The zero-order chi connectivity index (χ0) is 14.0. The lowest BCUT2D eigenvalue weighted by Gasteiger charge is -2.34. The van der Waals surface area contributed by atoms with Gasteiger partial charge in [-0.15, -0.1) is 11.3 Å². The summed E-state index contributed by atoms with van der Waals surface area (Å²) in [6.07, 6.45) is 6.05. The van der Waals surface area contributed by atoms with Crippen LogP contribution in [0.1, 0.15) is 37.0 Å². The molecule has 4 nitrogen and oxygen atoms in total. The quantitative estimate of drug-likeness (QED) is 0.785. The summed E-state index contributed by atoms with van der Waals surface area (Å²) in [4.78, 5) is 13.2. The SMILES string of the molecule is Cc1ccc(NC(=O)NC2CCC3(CCNCC3)C2)s1. The first-order valence-electron chi connectivity index (χ1n) is 7.50. The number of anilines is 1. The molecule has 0 radical (unpaired) electrons. The number of hydrogen-bond acceptors (Lipinski definition) is 3. The van der Waals surface area contributed by atoms with Crippen molar-refractivity contribution in [3.63, 3.8) is 0 Å². The Kier molecular flexibility index (Phi) is 3.98. The predicted octanol–water partition coefficient (Wildman–Crippen LogP) is 3.10. The monoisotopic (exact) mass is 293 g/mol. The van der Waals surface area contributed by atoms with Crippen molar-refractivity contribution in [2.75, 3.05) is 18.4 Å². The summed E-state index contributed by atoms with van der Waals surface area (Å²) in [5.41, 5.74) is 0.489. The molecule has 2 amide bonds. The first-order valence-corrected chi connectivity index (χ1v) is 8.32. The van der Waals surface area contributed by atoms with Crippen molar-refractivity contribution < 1.29 is 4.79 Å². The first kappa shape index (κ1) is 13.9. The number of nitrogens with one attached hydrogen (secondary N) is 3. The highest BCUT2D eigenvalue weighted by Gasteiger charge is 2.40. The van der Waals surface area contributed by atoms with Gasteiger partial charge in [-0.3, -0.25) is 5.32 Å². The highest BCUT2D eigenvalue weighted by atomic mass is 32.1. The number of aryl methyl sites for hydroxylation is 1. The molecule has 20 heavy (non-hydrogen) atoms. The van der Waals surface area contributed by atoms with E-state index in [2.05, 4.69) is 16.0 Å². The fourth-order valence-corrected chi connectivity index (χ4v) is 4.34. The molecule has 1 spiro atoms. The number of amides is 2. The van der Waals surface area contributed by atoms with Crippen LogP contribution in [0.4, 0.5) is 9.80 Å². The number of carbonyl (C=O) groups is 1.